The number of sulfonamides is 1. The lowest BCUT2D eigenvalue weighted by atomic mass is 10.2. The van der Waals surface area contributed by atoms with Crippen LogP contribution < -0.4 is 9.62 Å². The van der Waals surface area contributed by atoms with Crippen LogP contribution in [-0.4, -0.2) is 27.1 Å². The van der Waals surface area contributed by atoms with Crippen LogP contribution >= 0.6 is 23.2 Å². The van der Waals surface area contributed by atoms with Gasteiger partial charge in [-0.25, -0.2) is 8.42 Å². The van der Waals surface area contributed by atoms with Crippen LogP contribution in [0.2, 0.25) is 10.0 Å². The number of nitrogens with zero attached hydrogens (tertiary/aromatic N) is 1. The third kappa shape index (κ3) is 5.52. The molecule has 0 aliphatic rings. The SMILES string of the molecule is Cc1cc(Cl)ccc1N(CC(=O)Nc1cc(C(F)(F)F)ccc1Cl)S(C)(=O)=O. The standard InChI is InChI=1S/C17H15Cl2F3N2O3S/c1-10-7-12(18)4-6-15(10)24(28(2,26)27)9-16(25)23-14-8-11(17(20,21)22)3-5-13(14)19/h3-8H,9H2,1-2H3,(H,23,25). The van der Waals surface area contributed by atoms with Crippen molar-refractivity contribution in [2.24, 2.45) is 0 Å². The first kappa shape index (κ1) is 22.3. The maximum Gasteiger partial charge on any atom is 0.416 e. The Labute approximate surface area is 170 Å². The van der Waals surface area contributed by atoms with E-state index in [2.05, 4.69) is 5.32 Å². The van der Waals surface area contributed by atoms with Crippen LogP contribution in [-0.2, 0) is 21.0 Å². The van der Waals surface area contributed by atoms with Crippen LogP contribution in [0.4, 0.5) is 24.5 Å². The Kier molecular flexibility index (Phi) is 6.52. The molecule has 0 aliphatic heterocycles. The summed E-state index contributed by atoms with van der Waals surface area (Å²) in [6, 6.07) is 6.87. The fourth-order valence-corrected chi connectivity index (χ4v) is 3.70. The van der Waals surface area contributed by atoms with E-state index in [9.17, 15) is 26.4 Å². The summed E-state index contributed by atoms with van der Waals surface area (Å²) < 4.78 is 63.7. The van der Waals surface area contributed by atoms with Gasteiger partial charge < -0.3 is 5.32 Å². The number of rotatable bonds is 5. The molecule has 0 aromatic heterocycles. The molecule has 28 heavy (non-hydrogen) atoms. The Morgan fingerprint density at radius 3 is 2.32 bits per heavy atom. The molecule has 2 aromatic carbocycles. The van der Waals surface area contributed by atoms with E-state index in [4.69, 9.17) is 23.2 Å². The van der Waals surface area contributed by atoms with Crippen LogP contribution in [0.1, 0.15) is 11.1 Å². The molecule has 0 fully saturated rings. The molecule has 1 amide bonds. The fourth-order valence-electron chi connectivity index (χ4n) is 2.40. The Morgan fingerprint density at radius 2 is 1.79 bits per heavy atom. The number of hydrogen-bond acceptors (Lipinski definition) is 3. The largest absolute Gasteiger partial charge is 0.416 e. The zero-order valence-corrected chi connectivity index (χ0v) is 17.0. The van der Waals surface area contributed by atoms with E-state index in [1.54, 1.807) is 6.92 Å². The van der Waals surface area contributed by atoms with Crippen LogP contribution in [0.5, 0.6) is 0 Å². The number of nitrogens with one attached hydrogen (secondary N) is 1. The summed E-state index contributed by atoms with van der Waals surface area (Å²) in [7, 11) is -3.87. The monoisotopic (exact) mass is 454 g/mol. The van der Waals surface area contributed by atoms with Gasteiger partial charge in [-0.05, 0) is 48.9 Å². The highest BCUT2D eigenvalue weighted by Gasteiger charge is 2.31. The van der Waals surface area contributed by atoms with E-state index in [-0.39, 0.29) is 16.4 Å². The van der Waals surface area contributed by atoms with Crippen molar-refractivity contribution in [2.75, 3.05) is 22.4 Å². The Morgan fingerprint density at radius 1 is 1.14 bits per heavy atom. The maximum absolute atomic E-state index is 12.8. The van der Waals surface area contributed by atoms with Gasteiger partial charge in [-0.1, -0.05) is 23.2 Å². The lowest BCUT2D eigenvalue weighted by molar-refractivity contribution is -0.137. The average molecular weight is 455 g/mol. The lowest BCUT2D eigenvalue weighted by Gasteiger charge is -2.24. The molecule has 5 nitrogen and oxygen atoms in total. The van der Waals surface area contributed by atoms with Gasteiger partial charge in [0.15, 0.2) is 0 Å². The van der Waals surface area contributed by atoms with E-state index < -0.39 is 34.2 Å². The van der Waals surface area contributed by atoms with Crippen LogP contribution in [0.15, 0.2) is 36.4 Å². The van der Waals surface area contributed by atoms with Gasteiger partial charge in [-0.3, -0.25) is 9.10 Å². The number of halogens is 5. The van der Waals surface area contributed by atoms with Crippen molar-refractivity contribution in [1.82, 2.24) is 0 Å². The molecular formula is C17H15Cl2F3N2O3S. The van der Waals surface area contributed by atoms with Gasteiger partial charge in [0.05, 0.1) is 28.2 Å². The molecule has 0 atom stereocenters. The molecule has 0 aliphatic carbocycles. The first-order chi connectivity index (χ1) is 12.8. The maximum atomic E-state index is 12.8. The summed E-state index contributed by atoms with van der Waals surface area (Å²) >= 11 is 11.7. The molecule has 152 valence electrons. The van der Waals surface area contributed by atoms with Crippen LogP contribution in [0.3, 0.4) is 0 Å². The zero-order chi connectivity index (χ0) is 21.3. The molecule has 11 heteroatoms. The minimum atomic E-state index is -4.62. The Balaban J connectivity index is 2.31. The van der Waals surface area contributed by atoms with Gasteiger partial charge in [0.1, 0.15) is 6.54 Å². The predicted octanol–water partition coefficient (Wildman–Crippen LogP) is 4.73. The molecule has 0 radical (unpaired) electrons. The second-order valence-corrected chi connectivity index (χ2v) is 8.69. The normalized spacial score (nSPS) is 12.0. The van der Waals surface area contributed by atoms with Crippen molar-refractivity contribution in [2.45, 2.75) is 13.1 Å². The van der Waals surface area contributed by atoms with E-state index in [0.717, 1.165) is 22.7 Å². The minimum Gasteiger partial charge on any atom is -0.323 e. The quantitative estimate of drug-likeness (QED) is 0.710. The molecule has 0 heterocycles. The number of carbonyl (C=O) groups is 1. The number of amides is 1. The minimum absolute atomic E-state index is 0.116. The summed E-state index contributed by atoms with van der Waals surface area (Å²) in [6.07, 6.45) is -3.71. The summed E-state index contributed by atoms with van der Waals surface area (Å²) in [4.78, 5) is 12.4. The summed E-state index contributed by atoms with van der Waals surface area (Å²) in [5.41, 5.74) is -0.552. The van der Waals surface area contributed by atoms with Crippen molar-refractivity contribution in [1.29, 1.82) is 0 Å². The van der Waals surface area contributed by atoms with Crippen LogP contribution in [0.25, 0.3) is 0 Å². The highest BCUT2D eigenvalue weighted by molar-refractivity contribution is 7.92. The third-order valence-corrected chi connectivity index (χ3v) is 5.37. The van der Waals surface area contributed by atoms with E-state index in [1.807, 2.05) is 0 Å². The highest BCUT2D eigenvalue weighted by atomic mass is 35.5. The van der Waals surface area contributed by atoms with Gasteiger partial charge in [0, 0.05) is 5.02 Å². The van der Waals surface area contributed by atoms with E-state index in [0.29, 0.717) is 16.7 Å². The first-order valence-corrected chi connectivity index (χ1v) is 10.3. The molecule has 0 unspecified atom stereocenters. The molecule has 2 aromatic rings. The predicted molar refractivity (Wildman–Crippen MR) is 103 cm³/mol. The summed E-state index contributed by atoms with van der Waals surface area (Å²) in [5.74, 6) is -0.860. The summed E-state index contributed by atoms with van der Waals surface area (Å²) in [6.45, 7) is 0.953. The van der Waals surface area contributed by atoms with Crippen LogP contribution in [0, 0.1) is 6.92 Å². The molecule has 0 bridgehead atoms. The third-order valence-electron chi connectivity index (χ3n) is 3.68. The van der Waals surface area contributed by atoms with Gasteiger partial charge in [0.25, 0.3) is 0 Å². The van der Waals surface area contributed by atoms with Gasteiger partial charge in [0.2, 0.25) is 15.9 Å². The van der Waals surface area contributed by atoms with E-state index >= 15 is 0 Å². The van der Waals surface area contributed by atoms with Crippen molar-refractivity contribution < 1.29 is 26.4 Å². The topological polar surface area (TPSA) is 66.5 Å². The first-order valence-electron chi connectivity index (χ1n) is 7.69. The van der Waals surface area contributed by atoms with Gasteiger partial charge >= 0.3 is 6.18 Å². The van der Waals surface area contributed by atoms with Crippen molar-refractivity contribution in [3.63, 3.8) is 0 Å². The van der Waals surface area contributed by atoms with Crippen molar-refractivity contribution in [3.05, 3.63) is 57.6 Å². The molecular weight excluding hydrogens is 440 g/mol. The molecule has 0 spiro atoms. The smallest absolute Gasteiger partial charge is 0.323 e. The number of hydrogen-bond donors (Lipinski definition) is 1. The number of carbonyl (C=O) groups excluding carboxylic acids is 1. The Bertz CT molecular complexity index is 1010. The molecule has 1 N–H and O–H groups in total. The fraction of sp³-hybridized carbons (Fsp3) is 0.235. The number of anilines is 2. The van der Waals surface area contributed by atoms with Gasteiger partial charge in [-0.2, -0.15) is 13.2 Å². The second-order valence-electron chi connectivity index (χ2n) is 5.94. The number of alkyl halides is 3. The number of benzene rings is 2. The second kappa shape index (κ2) is 8.18. The number of aryl methyl sites for hydroxylation is 1. The molecule has 0 saturated heterocycles. The van der Waals surface area contributed by atoms with E-state index in [1.165, 1.54) is 18.2 Å². The lowest BCUT2D eigenvalue weighted by Crippen LogP contribution is -2.38. The van der Waals surface area contributed by atoms with Crippen molar-refractivity contribution >= 4 is 50.5 Å². The van der Waals surface area contributed by atoms with Crippen molar-refractivity contribution in [3.8, 4) is 0 Å². The molecule has 0 saturated carbocycles. The average Bonchev–Trinajstić information content (AvgIpc) is 2.53. The zero-order valence-electron chi connectivity index (χ0n) is 14.6. The highest BCUT2D eigenvalue weighted by Crippen LogP contribution is 2.34. The summed E-state index contributed by atoms with van der Waals surface area (Å²) in [5, 5.41) is 2.49. The Hall–Kier alpha value is -1.97. The van der Waals surface area contributed by atoms with Gasteiger partial charge in [-0.15, -0.1) is 0 Å². The molecule has 2 rings (SSSR count).